The van der Waals surface area contributed by atoms with Gasteiger partial charge in [0.2, 0.25) is 0 Å². The molecule has 0 amide bonds. The molecule has 2 unspecified atom stereocenters. The molecular formula is C20H25ClF3NO3. The lowest BCUT2D eigenvalue weighted by Gasteiger charge is -2.50. The molecule has 0 radical (unpaired) electrons. The topological polar surface area (TPSA) is 49.8 Å². The Bertz CT molecular complexity index is 717. The third-order valence-electron chi connectivity index (χ3n) is 6.50. The Morgan fingerprint density at radius 3 is 2.57 bits per heavy atom. The van der Waals surface area contributed by atoms with Gasteiger partial charge in [0.05, 0.1) is 10.7 Å². The molecule has 2 fully saturated rings. The number of hydrogen-bond acceptors (Lipinski definition) is 3. The van der Waals surface area contributed by atoms with Crippen molar-refractivity contribution in [3.8, 4) is 5.75 Å². The molecule has 1 N–H and O–H groups in total. The standard InChI is InChI=1S/C20H25ClF3NO3/c1-13-10-14(11-18(26)27)4-5-19(13)6-8-25(9-7-19)17-12-15(2-3-16(17)21)28-20(22,23)24/h2-3,12-14H,4-11H2,1H3,(H,26,27). The van der Waals surface area contributed by atoms with Crippen molar-refractivity contribution in [2.75, 3.05) is 18.0 Å². The van der Waals surface area contributed by atoms with Crippen molar-refractivity contribution in [1.82, 2.24) is 0 Å². The number of carboxylic acid groups (broad SMARTS) is 1. The van der Waals surface area contributed by atoms with Crippen LogP contribution in [0.5, 0.6) is 5.75 Å². The fourth-order valence-electron chi connectivity index (χ4n) is 4.91. The van der Waals surface area contributed by atoms with Gasteiger partial charge in [-0.15, -0.1) is 13.2 Å². The fourth-order valence-corrected chi connectivity index (χ4v) is 5.14. The van der Waals surface area contributed by atoms with Gasteiger partial charge in [-0.25, -0.2) is 0 Å². The average Bonchev–Trinajstić information content (AvgIpc) is 2.59. The molecular weight excluding hydrogens is 395 g/mol. The van der Waals surface area contributed by atoms with Gasteiger partial charge in [0.25, 0.3) is 0 Å². The minimum atomic E-state index is -4.74. The highest BCUT2D eigenvalue weighted by Crippen LogP contribution is 2.51. The average molecular weight is 420 g/mol. The largest absolute Gasteiger partial charge is 0.573 e. The molecule has 1 spiro atoms. The van der Waals surface area contributed by atoms with Crippen molar-refractivity contribution in [3.63, 3.8) is 0 Å². The first kappa shape index (κ1) is 21.1. The van der Waals surface area contributed by atoms with Gasteiger partial charge in [-0.3, -0.25) is 4.79 Å². The van der Waals surface area contributed by atoms with Crippen molar-refractivity contribution in [3.05, 3.63) is 23.2 Å². The molecule has 1 saturated heterocycles. The monoisotopic (exact) mass is 419 g/mol. The molecule has 156 valence electrons. The van der Waals surface area contributed by atoms with Crippen LogP contribution in [0.4, 0.5) is 18.9 Å². The Morgan fingerprint density at radius 1 is 1.32 bits per heavy atom. The third-order valence-corrected chi connectivity index (χ3v) is 6.82. The number of aliphatic carboxylic acids is 1. The Labute approximate surface area is 167 Å². The molecule has 1 aromatic rings. The third kappa shape index (κ3) is 4.85. The molecule has 2 aliphatic rings. The number of halogens is 4. The first-order chi connectivity index (χ1) is 13.1. The lowest BCUT2D eigenvalue weighted by molar-refractivity contribution is -0.274. The lowest BCUT2D eigenvalue weighted by Crippen LogP contribution is -2.46. The highest BCUT2D eigenvalue weighted by molar-refractivity contribution is 6.33. The predicted octanol–water partition coefficient (Wildman–Crippen LogP) is 5.74. The summed E-state index contributed by atoms with van der Waals surface area (Å²) in [4.78, 5) is 13.0. The summed E-state index contributed by atoms with van der Waals surface area (Å²) >= 11 is 6.24. The number of rotatable bonds is 4. The maximum Gasteiger partial charge on any atom is 0.573 e. The number of carbonyl (C=O) groups is 1. The van der Waals surface area contributed by atoms with E-state index in [1.165, 1.54) is 18.2 Å². The summed E-state index contributed by atoms with van der Waals surface area (Å²) in [5.41, 5.74) is 0.739. The molecule has 3 rings (SSSR count). The van der Waals surface area contributed by atoms with Crippen LogP contribution >= 0.6 is 11.6 Å². The van der Waals surface area contributed by atoms with E-state index in [0.717, 1.165) is 32.1 Å². The molecule has 4 nitrogen and oxygen atoms in total. The van der Waals surface area contributed by atoms with E-state index in [9.17, 15) is 18.0 Å². The lowest BCUT2D eigenvalue weighted by atomic mass is 9.59. The van der Waals surface area contributed by atoms with Crippen molar-refractivity contribution >= 4 is 23.3 Å². The molecule has 0 bridgehead atoms. The quantitative estimate of drug-likeness (QED) is 0.676. The van der Waals surface area contributed by atoms with E-state index >= 15 is 0 Å². The number of carboxylic acids is 1. The first-order valence-corrected chi connectivity index (χ1v) is 9.98. The normalized spacial score (nSPS) is 25.0. The van der Waals surface area contributed by atoms with Gasteiger partial charge in [-0.05, 0) is 61.5 Å². The highest BCUT2D eigenvalue weighted by Gasteiger charge is 2.43. The van der Waals surface area contributed by atoms with E-state index in [2.05, 4.69) is 11.7 Å². The van der Waals surface area contributed by atoms with Crippen LogP contribution in [-0.2, 0) is 4.79 Å². The minimum Gasteiger partial charge on any atom is -0.481 e. The van der Waals surface area contributed by atoms with Gasteiger partial charge in [0, 0.05) is 25.6 Å². The second-order valence-electron chi connectivity index (χ2n) is 8.15. The smallest absolute Gasteiger partial charge is 0.481 e. The maximum absolute atomic E-state index is 12.5. The Kier molecular flexibility index (Phi) is 6.03. The number of benzene rings is 1. The number of piperidine rings is 1. The van der Waals surface area contributed by atoms with Gasteiger partial charge in [0.15, 0.2) is 0 Å². The van der Waals surface area contributed by atoms with E-state index in [4.69, 9.17) is 16.7 Å². The van der Waals surface area contributed by atoms with Crippen LogP contribution in [0.25, 0.3) is 0 Å². The Hall–Kier alpha value is -1.63. The zero-order valence-electron chi connectivity index (χ0n) is 15.8. The number of anilines is 1. The summed E-state index contributed by atoms with van der Waals surface area (Å²) in [6.45, 7) is 3.63. The first-order valence-electron chi connectivity index (χ1n) is 9.60. The number of alkyl halides is 3. The molecule has 1 aliphatic carbocycles. The van der Waals surface area contributed by atoms with Crippen LogP contribution in [0, 0.1) is 17.3 Å². The van der Waals surface area contributed by atoms with Crippen LogP contribution in [-0.4, -0.2) is 30.5 Å². The molecule has 1 aromatic carbocycles. The highest BCUT2D eigenvalue weighted by atomic mass is 35.5. The van der Waals surface area contributed by atoms with Crippen LogP contribution in [0.15, 0.2) is 18.2 Å². The Morgan fingerprint density at radius 2 is 2.00 bits per heavy atom. The number of hydrogen-bond donors (Lipinski definition) is 1. The van der Waals surface area contributed by atoms with Crippen molar-refractivity contribution in [2.45, 2.75) is 51.8 Å². The maximum atomic E-state index is 12.5. The van der Waals surface area contributed by atoms with Crippen molar-refractivity contribution in [1.29, 1.82) is 0 Å². The van der Waals surface area contributed by atoms with E-state index in [1.807, 2.05) is 4.90 Å². The number of ether oxygens (including phenoxy) is 1. The minimum absolute atomic E-state index is 0.179. The summed E-state index contributed by atoms with van der Waals surface area (Å²) < 4.78 is 41.5. The molecule has 2 atom stereocenters. The molecule has 1 saturated carbocycles. The van der Waals surface area contributed by atoms with Gasteiger partial charge in [0.1, 0.15) is 5.75 Å². The summed E-state index contributed by atoms with van der Waals surface area (Å²) in [6.07, 6.45) is 0.192. The van der Waals surface area contributed by atoms with Gasteiger partial charge in [-0.2, -0.15) is 0 Å². The molecule has 1 heterocycles. The number of nitrogens with zero attached hydrogens (tertiary/aromatic N) is 1. The van der Waals surface area contributed by atoms with Gasteiger partial charge >= 0.3 is 12.3 Å². The molecule has 1 aliphatic heterocycles. The van der Waals surface area contributed by atoms with Crippen LogP contribution in [0.2, 0.25) is 5.02 Å². The van der Waals surface area contributed by atoms with Crippen molar-refractivity contribution < 1.29 is 27.8 Å². The summed E-state index contributed by atoms with van der Waals surface area (Å²) in [6, 6.07) is 4.00. The van der Waals surface area contributed by atoms with Gasteiger partial charge < -0.3 is 14.7 Å². The zero-order valence-corrected chi connectivity index (χ0v) is 16.5. The van der Waals surface area contributed by atoms with E-state index in [-0.39, 0.29) is 23.5 Å². The second-order valence-corrected chi connectivity index (χ2v) is 8.56. The van der Waals surface area contributed by atoms with Gasteiger partial charge in [-0.1, -0.05) is 18.5 Å². The summed E-state index contributed by atoms with van der Waals surface area (Å²) in [5.74, 6) is -0.335. The van der Waals surface area contributed by atoms with Crippen LogP contribution in [0.3, 0.4) is 0 Å². The molecule has 28 heavy (non-hydrogen) atoms. The van der Waals surface area contributed by atoms with Crippen LogP contribution < -0.4 is 9.64 Å². The van der Waals surface area contributed by atoms with E-state index in [1.54, 1.807) is 0 Å². The summed E-state index contributed by atoms with van der Waals surface area (Å²) in [7, 11) is 0. The molecule has 8 heteroatoms. The fraction of sp³-hybridized carbons (Fsp3) is 0.650. The van der Waals surface area contributed by atoms with E-state index in [0.29, 0.717) is 29.7 Å². The zero-order chi connectivity index (χ0) is 20.5. The Balaban J connectivity index is 1.66. The van der Waals surface area contributed by atoms with Crippen molar-refractivity contribution in [2.24, 2.45) is 17.3 Å². The van der Waals surface area contributed by atoms with E-state index < -0.39 is 12.3 Å². The predicted molar refractivity (Wildman–Crippen MR) is 101 cm³/mol. The SMILES string of the molecule is CC1CC(CC(=O)O)CCC12CCN(c1cc(OC(F)(F)F)ccc1Cl)CC2. The summed E-state index contributed by atoms with van der Waals surface area (Å²) in [5, 5.41) is 9.44. The molecule has 0 aromatic heterocycles. The van der Waals surface area contributed by atoms with Crippen LogP contribution in [0.1, 0.15) is 45.4 Å². The second kappa shape index (κ2) is 8.01.